The van der Waals surface area contributed by atoms with Crippen LogP contribution in [-0.4, -0.2) is 30.7 Å². The summed E-state index contributed by atoms with van der Waals surface area (Å²) in [4.78, 5) is 8.44. The third kappa shape index (κ3) is 2.97. The van der Waals surface area contributed by atoms with Gasteiger partial charge in [-0.1, -0.05) is 23.7 Å². The van der Waals surface area contributed by atoms with E-state index in [0.717, 1.165) is 22.8 Å². The van der Waals surface area contributed by atoms with Crippen LogP contribution >= 0.6 is 11.6 Å². The number of ether oxygens (including phenoxy) is 2. The van der Waals surface area contributed by atoms with E-state index < -0.39 is 0 Å². The van der Waals surface area contributed by atoms with Gasteiger partial charge in [0, 0.05) is 29.4 Å². The van der Waals surface area contributed by atoms with Crippen molar-refractivity contribution in [2.45, 2.75) is 12.8 Å². The summed E-state index contributed by atoms with van der Waals surface area (Å²) in [6, 6.07) is 8.24. The molecule has 0 radical (unpaired) electrons. The minimum absolute atomic E-state index is 0.286. The lowest BCUT2D eigenvalue weighted by atomic mass is 9.93. The van der Waals surface area contributed by atoms with Gasteiger partial charge >= 0.3 is 6.01 Å². The number of halogens is 1. The van der Waals surface area contributed by atoms with Crippen molar-refractivity contribution in [1.29, 1.82) is 0 Å². The van der Waals surface area contributed by atoms with E-state index in [1.807, 2.05) is 12.1 Å². The van der Waals surface area contributed by atoms with Crippen LogP contribution in [-0.2, 0) is 0 Å². The fraction of sp³-hybridized carbons (Fsp3) is 0.294. The molecule has 1 aromatic carbocycles. The first-order valence-electron chi connectivity index (χ1n) is 7.29. The van der Waals surface area contributed by atoms with E-state index in [9.17, 15) is 0 Å². The molecule has 6 heteroatoms. The third-order valence-corrected chi connectivity index (χ3v) is 4.30. The van der Waals surface area contributed by atoms with Crippen molar-refractivity contribution in [2.24, 2.45) is 0 Å². The highest BCUT2D eigenvalue weighted by Gasteiger charge is 2.26. The average Bonchev–Trinajstić information content (AvgIpc) is 2.96. The van der Waals surface area contributed by atoms with E-state index in [4.69, 9.17) is 21.1 Å². The summed E-state index contributed by atoms with van der Waals surface area (Å²) >= 11 is 5.97. The molecule has 3 rings (SSSR count). The van der Waals surface area contributed by atoms with Crippen molar-refractivity contribution in [2.75, 3.05) is 20.8 Å². The molecular formula is C17H18ClN3O2. The molecule has 2 heterocycles. The van der Waals surface area contributed by atoms with Crippen LogP contribution in [0, 0.1) is 0 Å². The molecule has 1 aliphatic rings. The highest BCUT2D eigenvalue weighted by molar-refractivity contribution is 6.30. The Balaban J connectivity index is 1.98. The van der Waals surface area contributed by atoms with Gasteiger partial charge in [-0.3, -0.25) is 0 Å². The average molecular weight is 332 g/mol. The van der Waals surface area contributed by atoms with Gasteiger partial charge in [0.1, 0.15) is 0 Å². The summed E-state index contributed by atoms with van der Waals surface area (Å²) in [6.45, 7) is 2.93. The van der Waals surface area contributed by atoms with E-state index in [2.05, 4.69) is 34.3 Å². The molecule has 0 saturated heterocycles. The van der Waals surface area contributed by atoms with Gasteiger partial charge in [0.2, 0.25) is 5.88 Å². The minimum atomic E-state index is 0.286. The van der Waals surface area contributed by atoms with Gasteiger partial charge in [0.05, 0.1) is 19.8 Å². The molecule has 0 aliphatic carbocycles. The Kier molecular flexibility index (Phi) is 4.39. The van der Waals surface area contributed by atoms with Crippen LogP contribution in [0.5, 0.6) is 11.9 Å². The molecule has 0 bridgehead atoms. The summed E-state index contributed by atoms with van der Waals surface area (Å²) in [5.41, 5.74) is 4.29. The fourth-order valence-corrected chi connectivity index (χ4v) is 2.94. The second-order valence-corrected chi connectivity index (χ2v) is 5.76. The molecule has 1 unspecified atom stereocenters. The fourth-order valence-electron chi connectivity index (χ4n) is 2.82. The first kappa shape index (κ1) is 15.6. The largest absolute Gasteiger partial charge is 0.480 e. The van der Waals surface area contributed by atoms with Gasteiger partial charge in [-0.25, -0.2) is 4.98 Å². The predicted molar refractivity (Wildman–Crippen MR) is 89.9 cm³/mol. The van der Waals surface area contributed by atoms with Crippen molar-refractivity contribution in [3.8, 4) is 11.9 Å². The standard InChI is InChI=1S/C17H18ClN3O2/c1-10-13(11-4-6-12(18)7-5-11)8-19-15(10)14-9-20-17(23-3)21-16(14)22-2/h4-7,9,13,19H,8H2,1-3H3. The van der Waals surface area contributed by atoms with Crippen LogP contribution < -0.4 is 14.8 Å². The predicted octanol–water partition coefficient (Wildman–Crippen LogP) is 3.27. The van der Waals surface area contributed by atoms with Crippen LogP contribution in [0.2, 0.25) is 5.02 Å². The lowest BCUT2D eigenvalue weighted by Crippen LogP contribution is -2.12. The summed E-state index contributed by atoms with van der Waals surface area (Å²) < 4.78 is 10.4. The molecule has 0 saturated carbocycles. The van der Waals surface area contributed by atoms with Gasteiger partial charge in [-0.2, -0.15) is 4.98 Å². The maximum absolute atomic E-state index is 5.97. The molecule has 2 aromatic rings. The molecule has 23 heavy (non-hydrogen) atoms. The molecule has 1 N–H and O–H groups in total. The SMILES string of the molecule is COc1ncc(C2=C(C)C(c3ccc(Cl)cc3)CN2)c(OC)n1. The summed E-state index contributed by atoms with van der Waals surface area (Å²) in [5, 5.41) is 4.19. The van der Waals surface area contributed by atoms with Crippen LogP contribution in [0.25, 0.3) is 5.70 Å². The minimum Gasteiger partial charge on any atom is -0.480 e. The second-order valence-electron chi connectivity index (χ2n) is 5.32. The highest BCUT2D eigenvalue weighted by atomic mass is 35.5. The van der Waals surface area contributed by atoms with Crippen molar-refractivity contribution in [1.82, 2.24) is 15.3 Å². The number of benzene rings is 1. The first-order chi connectivity index (χ1) is 11.1. The molecule has 0 amide bonds. The second kappa shape index (κ2) is 6.46. The van der Waals surface area contributed by atoms with Crippen molar-refractivity contribution in [3.05, 3.63) is 52.2 Å². The molecule has 1 aromatic heterocycles. The van der Waals surface area contributed by atoms with E-state index in [0.29, 0.717) is 5.88 Å². The molecule has 0 spiro atoms. The monoisotopic (exact) mass is 331 g/mol. The van der Waals surface area contributed by atoms with Gasteiger partial charge in [0.25, 0.3) is 0 Å². The van der Waals surface area contributed by atoms with Crippen LogP contribution in [0.4, 0.5) is 0 Å². The van der Waals surface area contributed by atoms with Crippen molar-refractivity contribution in [3.63, 3.8) is 0 Å². The van der Waals surface area contributed by atoms with Gasteiger partial charge in [0.15, 0.2) is 0 Å². The number of nitrogens with one attached hydrogen (secondary N) is 1. The Morgan fingerprint density at radius 3 is 2.57 bits per heavy atom. The maximum atomic E-state index is 5.97. The van der Waals surface area contributed by atoms with Gasteiger partial charge < -0.3 is 14.8 Å². The molecule has 120 valence electrons. The van der Waals surface area contributed by atoms with Crippen LogP contribution in [0.3, 0.4) is 0 Å². The Hall–Kier alpha value is -2.27. The summed E-state index contributed by atoms with van der Waals surface area (Å²) in [5.74, 6) is 0.782. The maximum Gasteiger partial charge on any atom is 0.319 e. The third-order valence-electron chi connectivity index (χ3n) is 4.05. The zero-order chi connectivity index (χ0) is 16.4. The first-order valence-corrected chi connectivity index (χ1v) is 7.67. The summed E-state index contributed by atoms with van der Waals surface area (Å²) in [7, 11) is 3.12. The van der Waals surface area contributed by atoms with Gasteiger partial charge in [-0.05, 0) is 30.2 Å². The van der Waals surface area contributed by atoms with E-state index in [1.165, 1.54) is 18.2 Å². The number of nitrogens with zero attached hydrogens (tertiary/aromatic N) is 2. The Morgan fingerprint density at radius 2 is 1.91 bits per heavy atom. The van der Waals surface area contributed by atoms with Crippen LogP contribution in [0.1, 0.15) is 24.0 Å². The Bertz CT molecular complexity index is 744. The number of rotatable bonds is 4. The van der Waals surface area contributed by atoms with E-state index >= 15 is 0 Å². The van der Waals surface area contributed by atoms with Gasteiger partial charge in [-0.15, -0.1) is 0 Å². The number of hydrogen-bond acceptors (Lipinski definition) is 5. The summed E-state index contributed by atoms with van der Waals surface area (Å²) in [6.07, 6.45) is 1.72. The highest BCUT2D eigenvalue weighted by Crippen LogP contribution is 2.37. The van der Waals surface area contributed by atoms with E-state index in [-0.39, 0.29) is 11.9 Å². The van der Waals surface area contributed by atoms with Crippen molar-refractivity contribution >= 4 is 17.3 Å². The molecule has 1 aliphatic heterocycles. The molecule has 5 nitrogen and oxygen atoms in total. The van der Waals surface area contributed by atoms with E-state index in [1.54, 1.807) is 13.3 Å². The van der Waals surface area contributed by atoms with Crippen molar-refractivity contribution < 1.29 is 9.47 Å². The molecule has 1 atom stereocenters. The lowest BCUT2D eigenvalue weighted by molar-refractivity contribution is 0.351. The normalized spacial score (nSPS) is 17.1. The quantitative estimate of drug-likeness (QED) is 0.932. The molecule has 0 fully saturated rings. The Labute approximate surface area is 140 Å². The van der Waals surface area contributed by atoms with Crippen LogP contribution in [0.15, 0.2) is 36.0 Å². The zero-order valence-electron chi connectivity index (χ0n) is 13.3. The number of hydrogen-bond donors (Lipinski definition) is 1. The number of aromatic nitrogens is 2. The molecular weight excluding hydrogens is 314 g/mol. The Morgan fingerprint density at radius 1 is 1.17 bits per heavy atom. The smallest absolute Gasteiger partial charge is 0.319 e. The lowest BCUT2D eigenvalue weighted by Gasteiger charge is -2.12. The topological polar surface area (TPSA) is 56.3 Å². The zero-order valence-corrected chi connectivity index (χ0v) is 14.0. The number of methoxy groups -OCH3 is 2.